The Morgan fingerprint density at radius 1 is 1.23 bits per heavy atom. The maximum Gasteiger partial charge on any atom is 0.272 e. The zero-order valence-corrected chi connectivity index (χ0v) is 14.8. The van der Waals surface area contributed by atoms with E-state index < -0.39 is 0 Å². The highest BCUT2D eigenvalue weighted by Crippen LogP contribution is 2.21. The lowest BCUT2D eigenvalue weighted by molar-refractivity contribution is 0.0741. The van der Waals surface area contributed by atoms with E-state index in [9.17, 15) is 9.18 Å². The number of anilines is 2. The maximum atomic E-state index is 13.9. The van der Waals surface area contributed by atoms with Gasteiger partial charge in [-0.1, -0.05) is 12.1 Å². The van der Waals surface area contributed by atoms with Gasteiger partial charge in [0.25, 0.3) is 5.91 Å². The first kappa shape index (κ1) is 18.1. The zero-order chi connectivity index (χ0) is 18.4. The van der Waals surface area contributed by atoms with E-state index in [-0.39, 0.29) is 11.7 Å². The number of nitrogens with one attached hydrogen (secondary N) is 1. The first-order valence-corrected chi connectivity index (χ1v) is 8.66. The number of ether oxygens (including phenoxy) is 1. The molecule has 1 N–H and O–H groups in total. The molecule has 1 aliphatic rings. The highest BCUT2D eigenvalue weighted by molar-refractivity contribution is 5.93. The van der Waals surface area contributed by atoms with Crippen LogP contribution in [0.25, 0.3) is 0 Å². The number of methoxy groups -OCH3 is 1. The molecule has 1 saturated heterocycles. The summed E-state index contributed by atoms with van der Waals surface area (Å²) in [4.78, 5) is 20.6. The Morgan fingerprint density at radius 2 is 2.00 bits per heavy atom. The summed E-state index contributed by atoms with van der Waals surface area (Å²) in [5.74, 6) is -0.336. The maximum absolute atomic E-state index is 13.9. The smallest absolute Gasteiger partial charge is 0.272 e. The fraction of sp³-hybridized carbons (Fsp3) is 0.368. The van der Waals surface area contributed by atoms with Crippen molar-refractivity contribution < 1.29 is 13.9 Å². The van der Waals surface area contributed by atoms with E-state index in [1.807, 2.05) is 17.0 Å². The zero-order valence-electron chi connectivity index (χ0n) is 14.8. The van der Waals surface area contributed by atoms with Crippen LogP contribution in [0.5, 0.6) is 0 Å². The Balaban J connectivity index is 1.60. The summed E-state index contributed by atoms with van der Waals surface area (Å²) in [5, 5.41) is 3.19. The fourth-order valence-electron chi connectivity index (χ4n) is 2.98. The number of rotatable bonds is 6. The summed E-state index contributed by atoms with van der Waals surface area (Å²) < 4.78 is 18.9. The Bertz CT molecular complexity index is 748. The number of piperazine rings is 1. The number of pyridine rings is 1. The third-order valence-corrected chi connectivity index (χ3v) is 4.37. The van der Waals surface area contributed by atoms with Gasteiger partial charge in [-0.2, -0.15) is 0 Å². The van der Waals surface area contributed by atoms with E-state index in [0.29, 0.717) is 50.7 Å². The van der Waals surface area contributed by atoms with Crippen LogP contribution in [0.4, 0.5) is 15.8 Å². The van der Waals surface area contributed by atoms with Gasteiger partial charge in [-0.05, 0) is 24.3 Å². The van der Waals surface area contributed by atoms with Crippen LogP contribution in [0.1, 0.15) is 10.5 Å². The van der Waals surface area contributed by atoms with Gasteiger partial charge < -0.3 is 19.9 Å². The van der Waals surface area contributed by atoms with E-state index >= 15 is 0 Å². The highest BCUT2D eigenvalue weighted by Gasteiger charge is 2.24. The van der Waals surface area contributed by atoms with Gasteiger partial charge in [0.2, 0.25) is 0 Å². The first-order valence-electron chi connectivity index (χ1n) is 8.66. The van der Waals surface area contributed by atoms with Crippen molar-refractivity contribution in [2.24, 2.45) is 0 Å². The van der Waals surface area contributed by atoms with Crippen molar-refractivity contribution in [3.8, 4) is 0 Å². The molecule has 138 valence electrons. The minimum Gasteiger partial charge on any atom is -0.383 e. The van der Waals surface area contributed by atoms with Gasteiger partial charge in [0.15, 0.2) is 0 Å². The minimum atomic E-state index is -0.233. The second-order valence-electron chi connectivity index (χ2n) is 6.08. The van der Waals surface area contributed by atoms with E-state index in [2.05, 4.69) is 10.3 Å². The summed E-state index contributed by atoms with van der Waals surface area (Å²) in [5.41, 5.74) is 1.83. The van der Waals surface area contributed by atoms with Crippen molar-refractivity contribution in [2.45, 2.75) is 0 Å². The van der Waals surface area contributed by atoms with E-state index in [0.717, 1.165) is 5.69 Å². The predicted molar refractivity (Wildman–Crippen MR) is 99.1 cm³/mol. The van der Waals surface area contributed by atoms with Gasteiger partial charge in [-0.25, -0.2) is 4.39 Å². The van der Waals surface area contributed by atoms with Crippen molar-refractivity contribution in [2.75, 3.05) is 56.7 Å². The minimum absolute atomic E-state index is 0.103. The van der Waals surface area contributed by atoms with Gasteiger partial charge in [0, 0.05) is 51.7 Å². The molecule has 0 aliphatic carbocycles. The molecular weight excluding hydrogens is 335 g/mol. The van der Waals surface area contributed by atoms with Gasteiger partial charge in [0.05, 0.1) is 12.3 Å². The quantitative estimate of drug-likeness (QED) is 0.803. The third kappa shape index (κ3) is 4.29. The SMILES string of the molecule is COCCNc1ccnc(C(=O)N2CCN(c3ccccc3F)CC2)c1. The Kier molecular flexibility index (Phi) is 6.01. The average molecular weight is 358 g/mol. The number of hydrogen-bond donors (Lipinski definition) is 1. The molecule has 6 nitrogen and oxygen atoms in total. The summed E-state index contributed by atoms with van der Waals surface area (Å²) in [6.07, 6.45) is 1.62. The molecule has 0 bridgehead atoms. The lowest BCUT2D eigenvalue weighted by Gasteiger charge is -2.36. The number of nitrogens with zero attached hydrogens (tertiary/aromatic N) is 3. The van der Waals surface area contributed by atoms with Crippen LogP contribution in [0, 0.1) is 5.82 Å². The molecule has 2 aromatic rings. The van der Waals surface area contributed by atoms with Gasteiger partial charge in [0.1, 0.15) is 11.5 Å². The first-order chi connectivity index (χ1) is 12.7. The van der Waals surface area contributed by atoms with E-state index in [4.69, 9.17) is 4.74 Å². The molecule has 0 unspecified atom stereocenters. The summed E-state index contributed by atoms with van der Waals surface area (Å²) in [7, 11) is 1.64. The van der Waals surface area contributed by atoms with Gasteiger partial charge in [-0.3, -0.25) is 9.78 Å². The summed E-state index contributed by atoms with van der Waals surface area (Å²) >= 11 is 0. The number of carbonyl (C=O) groups is 1. The number of aromatic nitrogens is 1. The Labute approximate surface area is 152 Å². The molecule has 1 aromatic heterocycles. The molecule has 0 radical (unpaired) electrons. The van der Waals surface area contributed by atoms with E-state index in [1.54, 1.807) is 36.4 Å². The van der Waals surface area contributed by atoms with Crippen LogP contribution in [-0.4, -0.2) is 62.2 Å². The fourth-order valence-corrected chi connectivity index (χ4v) is 2.98. The van der Waals surface area contributed by atoms with Crippen LogP contribution in [0.2, 0.25) is 0 Å². The lowest BCUT2D eigenvalue weighted by atomic mass is 10.2. The van der Waals surface area contributed by atoms with E-state index in [1.165, 1.54) is 6.07 Å². The van der Waals surface area contributed by atoms with Crippen molar-refractivity contribution in [3.63, 3.8) is 0 Å². The molecule has 3 rings (SSSR count). The molecule has 1 aliphatic heterocycles. The molecule has 1 aromatic carbocycles. The second-order valence-corrected chi connectivity index (χ2v) is 6.08. The lowest BCUT2D eigenvalue weighted by Crippen LogP contribution is -2.49. The Morgan fingerprint density at radius 3 is 2.73 bits per heavy atom. The molecule has 0 atom stereocenters. The van der Waals surface area contributed by atoms with Crippen molar-refractivity contribution in [1.82, 2.24) is 9.88 Å². The molecule has 7 heteroatoms. The molecule has 1 amide bonds. The standard InChI is InChI=1S/C19H23FN4O2/c1-26-13-8-21-15-6-7-22-17(14-15)19(25)24-11-9-23(10-12-24)18-5-3-2-4-16(18)20/h2-7,14H,8-13H2,1H3,(H,21,22). The molecular formula is C19H23FN4O2. The number of carbonyl (C=O) groups excluding carboxylic acids is 1. The normalized spacial score (nSPS) is 14.4. The number of halogens is 1. The number of hydrogen-bond acceptors (Lipinski definition) is 5. The molecule has 0 saturated carbocycles. The van der Waals surface area contributed by atoms with Crippen molar-refractivity contribution >= 4 is 17.3 Å². The topological polar surface area (TPSA) is 57.7 Å². The van der Waals surface area contributed by atoms with Crippen molar-refractivity contribution in [1.29, 1.82) is 0 Å². The molecule has 1 fully saturated rings. The van der Waals surface area contributed by atoms with Crippen LogP contribution in [0.15, 0.2) is 42.6 Å². The third-order valence-electron chi connectivity index (χ3n) is 4.37. The number of benzene rings is 1. The molecule has 26 heavy (non-hydrogen) atoms. The van der Waals surface area contributed by atoms with Crippen LogP contribution in [-0.2, 0) is 4.74 Å². The predicted octanol–water partition coefficient (Wildman–Crippen LogP) is 2.24. The summed E-state index contributed by atoms with van der Waals surface area (Å²) in [6.45, 7) is 3.52. The monoisotopic (exact) mass is 358 g/mol. The van der Waals surface area contributed by atoms with Gasteiger partial charge in [-0.15, -0.1) is 0 Å². The van der Waals surface area contributed by atoms with Gasteiger partial charge >= 0.3 is 0 Å². The van der Waals surface area contributed by atoms with Crippen LogP contribution >= 0.6 is 0 Å². The average Bonchev–Trinajstić information content (AvgIpc) is 2.68. The molecule has 2 heterocycles. The molecule has 0 spiro atoms. The number of amides is 1. The Hall–Kier alpha value is -2.67. The summed E-state index contributed by atoms with van der Waals surface area (Å²) in [6, 6.07) is 10.3. The van der Waals surface area contributed by atoms with Crippen LogP contribution in [0.3, 0.4) is 0 Å². The number of para-hydroxylation sites is 1. The largest absolute Gasteiger partial charge is 0.383 e. The van der Waals surface area contributed by atoms with Crippen LogP contribution < -0.4 is 10.2 Å². The second kappa shape index (κ2) is 8.62. The van der Waals surface area contributed by atoms with Crippen molar-refractivity contribution in [3.05, 3.63) is 54.1 Å². The highest BCUT2D eigenvalue weighted by atomic mass is 19.1.